The maximum Gasteiger partial charge on any atom is 0.343 e. The van der Waals surface area contributed by atoms with Crippen LogP contribution >= 0.6 is 0 Å². The third-order valence-corrected chi connectivity index (χ3v) is 5.61. The molecule has 0 saturated heterocycles. The molecule has 0 fully saturated rings. The van der Waals surface area contributed by atoms with Gasteiger partial charge in [-0.1, -0.05) is 24.3 Å². The van der Waals surface area contributed by atoms with Crippen molar-refractivity contribution < 1.29 is 29.3 Å². The Morgan fingerprint density at radius 2 is 1.24 bits per heavy atom. The van der Waals surface area contributed by atoms with Crippen LogP contribution in [0.4, 0.5) is 0 Å². The van der Waals surface area contributed by atoms with Gasteiger partial charge in [0.25, 0.3) is 0 Å². The molecule has 34 heavy (non-hydrogen) atoms. The third-order valence-electron chi connectivity index (χ3n) is 5.61. The highest BCUT2D eigenvalue weighted by molar-refractivity contribution is 5.97. The molecule has 5 rings (SSSR count). The van der Waals surface area contributed by atoms with Crippen molar-refractivity contribution in [2.24, 2.45) is 0 Å². The predicted molar refractivity (Wildman–Crippen MR) is 128 cm³/mol. The van der Waals surface area contributed by atoms with Gasteiger partial charge >= 0.3 is 11.9 Å². The number of phenols is 2. The Labute approximate surface area is 195 Å². The second-order valence-corrected chi connectivity index (χ2v) is 8.03. The zero-order chi connectivity index (χ0) is 23.7. The highest BCUT2D eigenvalue weighted by Gasteiger charge is 2.18. The van der Waals surface area contributed by atoms with E-state index in [2.05, 4.69) is 0 Å². The minimum absolute atomic E-state index is 0.163. The summed E-state index contributed by atoms with van der Waals surface area (Å²) in [5, 5.41) is 22.4. The SMILES string of the molecule is O=C(OC1=CCC(OC(=O)c2ccc3cc(O)ccc3c2)C=C1)c1ccc2cc(O)ccc2c1. The quantitative estimate of drug-likeness (QED) is 0.390. The van der Waals surface area contributed by atoms with Gasteiger partial charge in [0.05, 0.1) is 11.1 Å². The fourth-order valence-corrected chi connectivity index (χ4v) is 3.84. The number of hydrogen-bond acceptors (Lipinski definition) is 6. The van der Waals surface area contributed by atoms with E-state index in [1.165, 1.54) is 0 Å². The van der Waals surface area contributed by atoms with E-state index < -0.39 is 18.0 Å². The molecule has 4 aromatic rings. The van der Waals surface area contributed by atoms with E-state index in [0.717, 1.165) is 21.5 Å². The van der Waals surface area contributed by atoms with Crippen LogP contribution in [0, 0.1) is 0 Å². The Bertz CT molecular complexity index is 1500. The number of carbonyl (C=O) groups is 2. The van der Waals surface area contributed by atoms with Crippen LogP contribution in [0.25, 0.3) is 21.5 Å². The lowest BCUT2D eigenvalue weighted by Crippen LogP contribution is -2.18. The lowest BCUT2D eigenvalue weighted by Gasteiger charge is -2.17. The van der Waals surface area contributed by atoms with Gasteiger partial charge in [0.2, 0.25) is 0 Å². The number of phenolic OH excluding ortho intramolecular Hbond substituents is 2. The van der Waals surface area contributed by atoms with E-state index >= 15 is 0 Å². The van der Waals surface area contributed by atoms with Gasteiger partial charge < -0.3 is 19.7 Å². The number of esters is 2. The minimum atomic E-state index is -0.497. The maximum atomic E-state index is 12.6. The van der Waals surface area contributed by atoms with Crippen LogP contribution in [-0.2, 0) is 9.47 Å². The molecule has 1 aliphatic carbocycles. The molecule has 0 aliphatic heterocycles. The topological polar surface area (TPSA) is 93.1 Å². The summed E-state index contributed by atoms with van der Waals surface area (Å²) in [6.07, 6.45) is 4.91. The Morgan fingerprint density at radius 1 is 0.706 bits per heavy atom. The van der Waals surface area contributed by atoms with Gasteiger partial charge in [-0.3, -0.25) is 0 Å². The molecule has 0 aromatic heterocycles. The zero-order valence-electron chi connectivity index (χ0n) is 18.0. The second-order valence-electron chi connectivity index (χ2n) is 8.03. The summed E-state index contributed by atoms with van der Waals surface area (Å²) in [6.45, 7) is 0. The number of ether oxygens (including phenoxy) is 2. The van der Waals surface area contributed by atoms with E-state index in [0.29, 0.717) is 23.3 Å². The molecule has 1 unspecified atom stereocenters. The first-order valence-electron chi connectivity index (χ1n) is 10.7. The Hall–Kier alpha value is -4.58. The maximum absolute atomic E-state index is 12.6. The standard InChI is InChI=1S/C28H20O6/c29-23-7-5-17-13-21(3-1-19(17)15-23)27(31)33-25-9-11-26(12-10-25)34-28(32)22-4-2-20-16-24(30)8-6-18(20)14-22/h1-11,13-16,26,29-30H,12H2. The molecule has 6 nitrogen and oxygen atoms in total. The molecule has 1 aliphatic rings. The van der Waals surface area contributed by atoms with Gasteiger partial charge in [0.15, 0.2) is 0 Å². The first-order chi connectivity index (χ1) is 16.4. The van der Waals surface area contributed by atoms with E-state index in [1.807, 2.05) is 0 Å². The smallest absolute Gasteiger partial charge is 0.343 e. The first kappa shape index (κ1) is 21.3. The summed E-state index contributed by atoms with van der Waals surface area (Å²) in [7, 11) is 0. The molecule has 168 valence electrons. The number of allylic oxidation sites excluding steroid dienone is 1. The predicted octanol–water partition coefficient (Wildman–Crippen LogP) is 5.63. The monoisotopic (exact) mass is 452 g/mol. The van der Waals surface area contributed by atoms with Crippen LogP contribution in [-0.4, -0.2) is 28.3 Å². The molecular weight excluding hydrogens is 432 g/mol. The van der Waals surface area contributed by atoms with Crippen molar-refractivity contribution >= 4 is 33.5 Å². The molecule has 6 heteroatoms. The summed E-state index contributed by atoms with van der Waals surface area (Å²) < 4.78 is 11.0. The highest BCUT2D eigenvalue weighted by Crippen LogP contribution is 2.24. The van der Waals surface area contributed by atoms with Crippen molar-refractivity contribution in [3.05, 3.63) is 108 Å². The van der Waals surface area contributed by atoms with E-state index in [1.54, 1.807) is 91.0 Å². The fraction of sp³-hybridized carbons (Fsp3) is 0.0714. The molecule has 0 amide bonds. The zero-order valence-corrected chi connectivity index (χ0v) is 18.0. The lowest BCUT2D eigenvalue weighted by molar-refractivity contribution is 0.0389. The molecule has 0 bridgehead atoms. The van der Waals surface area contributed by atoms with Gasteiger partial charge in [0, 0.05) is 6.42 Å². The average molecular weight is 452 g/mol. The van der Waals surface area contributed by atoms with Gasteiger partial charge in [-0.15, -0.1) is 0 Å². The van der Waals surface area contributed by atoms with Crippen molar-refractivity contribution in [1.29, 1.82) is 0 Å². The van der Waals surface area contributed by atoms with Crippen molar-refractivity contribution in [3.8, 4) is 11.5 Å². The van der Waals surface area contributed by atoms with Crippen LogP contribution in [0.1, 0.15) is 27.1 Å². The number of aromatic hydroxyl groups is 2. The molecule has 0 radical (unpaired) electrons. The summed E-state index contributed by atoms with van der Waals surface area (Å²) >= 11 is 0. The van der Waals surface area contributed by atoms with Crippen molar-refractivity contribution in [3.63, 3.8) is 0 Å². The molecule has 0 saturated carbocycles. The van der Waals surface area contributed by atoms with Crippen molar-refractivity contribution in [1.82, 2.24) is 0 Å². The molecular formula is C28H20O6. The second kappa shape index (κ2) is 8.75. The molecule has 4 aromatic carbocycles. The number of rotatable bonds is 4. The fourth-order valence-electron chi connectivity index (χ4n) is 3.84. The normalized spacial score (nSPS) is 15.2. The summed E-state index contributed by atoms with van der Waals surface area (Å²) in [6, 6.07) is 20.1. The van der Waals surface area contributed by atoms with Crippen molar-refractivity contribution in [2.45, 2.75) is 12.5 Å². The summed E-state index contributed by atoms with van der Waals surface area (Å²) in [5.74, 6) is -0.242. The van der Waals surface area contributed by atoms with Crippen LogP contribution < -0.4 is 0 Å². The van der Waals surface area contributed by atoms with E-state index in [9.17, 15) is 19.8 Å². The Balaban J connectivity index is 1.20. The van der Waals surface area contributed by atoms with Crippen LogP contribution in [0.3, 0.4) is 0 Å². The molecule has 1 atom stereocenters. The molecule has 0 heterocycles. The number of fused-ring (bicyclic) bond motifs is 2. The lowest BCUT2D eigenvalue weighted by atomic mass is 10.1. The highest BCUT2D eigenvalue weighted by atomic mass is 16.5. The molecule has 0 spiro atoms. The third kappa shape index (κ3) is 4.47. The largest absolute Gasteiger partial charge is 0.508 e. The number of hydrogen-bond donors (Lipinski definition) is 2. The van der Waals surface area contributed by atoms with Gasteiger partial charge in [0.1, 0.15) is 23.4 Å². The summed E-state index contributed by atoms with van der Waals surface area (Å²) in [4.78, 5) is 25.1. The van der Waals surface area contributed by atoms with Crippen LogP contribution in [0.5, 0.6) is 11.5 Å². The van der Waals surface area contributed by atoms with E-state index in [4.69, 9.17) is 9.47 Å². The number of carbonyl (C=O) groups excluding carboxylic acids is 2. The van der Waals surface area contributed by atoms with Gasteiger partial charge in [-0.25, -0.2) is 9.59 Å². The Morgan fingerprint density at radius 3 is 1.79 bits per heavy atom. The van der Waals surface area contributed by atoms with Crippen molar-refractivity contribution in [2.75, 3.05) is 0 Å². The van der Waals surface area contributed by atoms with Crippen LogP contribution in [0.2, 0.25) is 0 Å². The number of benzene rings is 4. The summed E-state index contributed by atoms with van der Waals surface area (Å²) in [5.41, 5.74) is 0.808. The van der Waals surface area contributed by atoms with E-state index in [-0.39, 0.29) is 11.5 Å². The van der Waals surface area contributed by atoms with Gasteiger partial charge in [-0.05, 0) is 88.3 Å². The Kier molecular flexibility index (Phi) is 5.47. The molecule has 2 N–H and O–H groups in total. The average Bonchev–Trinajstić information content (AvgIpc) is 2.84. The van der Waals surface area contributed by atoms with Crippen LogP contribution in [0.15, 0.2) is 96.8 Å². The minimum Gasteiger partial charge on any atom is -0.508 e. The van der Waals surface area contributed by atoms with Gasteiger partial charge in [-0.2, -0.15) is 0 Å². The first-order valence-corrected chi connectivity index (χ1v) is 10.7.